The lowest BCUT2D eigenvalue weighted by atomic mass is 10.1. The molecule has 0 aliphatic carbocycles. The molecule has 0 aromatic carbocycles. The van der Waals surface area contributed by atoms with Crippen molar-refractivity contribution in [3.8, 4) is 0 Å². The van der Waals surface area contributed by atoms with E-state index in [1.807, 2.05) is 18.2 Å². The molecule has 0 aromatic heterocycles. The smallest absolute Gasteiger partial charge is 0.303 e. The Balaban J connectivity index is 3.63. The van der Waals surface area contributed by atoms with E-state index in [-0.39, 0.29) is 19.1 Å². The highest BCUT2D eigenvalue weighted by Crippen LogP contribution is 2.06. The molecule has 2 atom stereocenters. The Bertz CT molecular complexity index is 401. The molecule has 0 spiro atoms. The summed E-state index contributed by atoms with van der Waals surface area (Å²) in [6.45, 7) is 0.259. The molecule has 25 heavy (non-hydrogen) atoms. The van der Waals surface area contributed by atoms with Crippen LogP contribution in [0.25, 0.3) is 0 Å². The van der Waals surface area contributed by atoms with Gasteiger partial charge in [0.1, 0.15) is 0 Å². The summed E-state index contributed by atoms with van der Waals surface area (Å²) in [6, 6.07) is 0. The maximum Gasteiger partial charge on any atom is 0.303 e. The van der Waals surface area contributed by atoms with E-state index in [4.69, 9.17) is 10.2 Å². The Morgan fingerprint density at radius 1 is 0.880 bits per heavy atom. The minimum Gasteiger partial charge on any atom is -0.481 e. The lowest BCUT2D eigenvalue weighted by Gasteiger charge is -2.05. The molecule has 0 saturated heterocycles. The third-order valence-corrected chi connectivity index (χ3v) is 3.74. The first-order valence-corrected chi connectivity index (χ1v) is 9.23. The molecule has 0 aliphatic heterocycles. The average molecular weight is 354 g/mol. The molecule has 0 amide bonds. The number of carboxylic acid groups (broad SMARTS) is 1. The van der Waals surface area contributed by atoms with Crippen molar-refractivity contribution in [3.63, 3.8) is 0 Å². The summed E-state index contributed by atoms with van der Waals surface area (Å²) in [7, 11) is 0. The molecular weight excluding hydrogens is 320 g/mol. The highest BCUT2D eigenvalue weighted by atomic mass is 16.4. The largest absolute Gasteiger partial charge is 0.481 e. The normalized spacial score (nSPS) is 14.7. The molecule has 4 N–H and O–H groups in total. The first kappa shape index (κ1) is 23.6. The van der Waals surface area contributed by atoms with Crippen LogP contribution in [0.5, 0.6) is 0 Å². The number of hydrogen-bond acceptors (Lipinski definition) is 4. The number of rotatable bonds is 16. The zero-order valence-electron chi connectivity index (χ0n) is 15.1. The Hall–Kier alpha value is -1.43. The lowest BCUT2D eigenvalue weighted by molar-refractivity contribution is -0.137. The fraction of sp³-hybridized carbons (Fsp3) is 0.650. The number of aliphatic carboxylic acids is 1. The van der Waals surface area contributed by atoms with E-state index in [1.165, 1.54) is 0 Å². The molecule has 5 heteroatoms. The maximum absolute atomic E-state index is 10.4. The van der Waals surface area contributed by atoms with E-state index >= 15 is 0 Å². The van der Waals surface area contributed by atoms with E-state index in [9.17, 15) is 15.0 Å². The first-order chi connectivity index (χ1) is 12.1. The van der Waals surface area contributed by atoms with Gasteiger partial charge < -0.3 is 20.4 Å². The highest BCUT2D eigenvalue weighted by Gasteiger charge is 2.01. The van der Waals surface area contributed by atoms with Crippen molar-refractivity contribution in [1.29, 1.82) is 0 Å². The quantitative estimate of drug-likeness (QED) is 0.194. The minimum absolute atomic E-state index is 0.0791. The molecule has 0 unspecified atom stereocenters. The molecule has 0 aliphatic rings. The fourth-order valence-corrected chi connectivity index (χ4v) is 2.25. The van der Waals surface area contributed by atoms with Gasteiger partial charge >= 0.3 is 5.97 Å². The van der Waals surface area contributed by atoms with Gasteiger partial charge in [-0.2, -0.15) is 0 Å². The molecular formula is C20H34O5. The number of aliphatic hydroxyl groups excluding tert-OH is 3. The van der Waals surface area contributed by atoms with Crippen LogP contribution in [0.15, 0.2) is 36.5 Å². The van der Waals surface area contributed by atoms with E-state index in [2.05, 4.69) is 6.08 Å². The molecule has 0 aromatic rings. The predicted octanol–water partition coefficient (Wildman–Crippen LogP) is 3.35. The lowest BCUT2D eigenvalue weighted by Crippen LogP contribution is -2.04. The van der Waals surface area contributed by atoms with Gasteiger partial charge in [-0.25, -0.2) is 0 Å². The van der Waals surface area contributed by atoms with Crippen LogP contribution in [0, 0.1) is 0 Å². The fourth-order valence-electron chi connectivity index (χ4n) is 2.25. The van der Waals surface area contributed by atoms with Crippen LogP contribution in [-0.2, 0) is 4.79 Å². The minimum atomic E-state index is -0.842. The average Bonchev–Trinajstić information content (AvgIpc) is 2.56. The topological polar surface area (TPSA) is 98.0 Å². The van der Waals surface area contributed by atoms with E-state index < -0.39 is 12.1 Å². The van der Waals surface area contributed by atoms with Gasteiger partial charge in [0.15, 0.2) is 0 Å². The third-order valence-electron chi connectivity index (χ3n) is 3.74. The molecule has 0 heterocycles. The van der Waals surface area contributed by atoms with Crippen molar-refractivity contribution in [1.82, 2.24) is 0 Å². The first-order valence-electron chi connectivity index (χ1n) is 9.23. The Morgan fingerprint density at radius 3 is 2.40 bits per heavy atom. The number of unbranched alkanes of at least 4 members (excludes halogenated alkanes) is 3. The van der Waals surface area contributed by atoms with Crippen molar-refractivity contribution >= 4 is 5.97 Å². The van der Waals surface area contributed by atoms with Crippen LogP contribution in [-0.4, -0.2) is 45.2 Å². The molecule has 0 rings (SSSR count). The number of hydrogen-bond donors (Lipinski definition) is 4. The van der Waals surface area contributed by atoms with Gasteiger partial charge in [0.2, 0.25) is 0 Å². The van der Waals surface area contributed by atoms with E-state index in [0.29, 0.717) is 25.7 Å². The number of aliphatic hydroxyl groups is 3. The Labute approximate surface area is 151 Å². The zero-order valence-corrected chi connectivity index (χ0v) is 15.1. The van der Waals surface area contributed by atoms with Crippen LogP contribution in [0.3, 0.4) is 0 Å². The summed E-state index contributed by atoms with van der Waals surface area (Å²) in [4.78, 5) is 10.4. The Kier molecular flexibility index (Phi) is 16.4. The van der Waals surface area contributed by atoms with Gasteiger partial charge in [0.25, 0.3) is 0 Å². The zero-order chi connectivity index (χ0) is 18.8. The predicted molar refractivity (Wildman–Crippen MR) is 100 cm³/mol. The van der Waals surface area contributed by atoms with Gasteiger partial charge in [-0.05, 0) is 51.4 Å². The van der Waals surface area contributed by atoms with Gasteiger partial charge in [-0.15, -0.1) is 0 Å². The van der Waals surface area contributed by atoms with Crippen LogP contribution < -0.4 is 0 Å². The standard InChI is InChI=1S/C20H34O5/c21-17-10-6-2-1-3-7-12-18(22)13-8-4-5-9-14-19(23)15-11-16-20(24)25/h3-5,7,9,14,18-19,21-23H,1-2,6,8,10-13,15-17H2,(H,24,25)/b5-4+,7-3-,14-9-/t18-,19-/m1/s1. The molecule has 144 valence electrons. The van der Waals surface area contributed by atoms with Crippen molar-refractivity contribution in [3.05, 3.63) is 36.5 Å². The number of allylic oxidation sites excluding steroid dienone is 4. The van der Waals surface area contributed by atoms with Crippen molar-refractivity contribution < 1.29 is 25.2 Å². The molecule has 0 bridgehead atoms. The van der Waals surface area contributed by atoms with Crippen molar-refractivity contribution in [2.24, 2.45) is 0 Å². The van der Waals surface area contributed by atoms with Crippen LogP contribution in [0.2, 0.25) is 0 Å². The Morgan fingerprint density at radius 2 is 1.68 bits per heavy atom. The molecule has 0 fully saturated rings. The van der Waals surface area contributed by atoms with E-state index in [1.54, 1.807) is 12.2 Å². The second-order valence-corrected chi connectivity index (χ2v) is 6.18. The highest BCUT2D eigenvalue weighted by molar-refractivity contribution is 5.66. The van der Waals surface area contributed by atoms with Gasteiger partial charge in [-0.3, -0.25) is 4.79 Å². The summed E-state index contributed by atoms with van der Waals surface area (Å²) < 4.78 is 0. The number of carbonyl (C=O) groups is 1. The summed E-state index contributed by atoms with van der Waals surface area (Å²) in [6.07, 6.45) is 17.4. The van der Waals surface area contributed by atoms with Gasteiger partial charge in [0.05, 0.1) is 12.2 Å². The summed E-state index contributed by atoms with van der Waals surface area (Å²) in [5, 5.41) is 36.7. The van der Waals surface area contributed by atoms with E-state index in [0.717, 1.165) is 32.1 Å². The second-order valence-electron chi connectivity index (χ2n) is 6.18. The van der Waals surface area contributed by atoms with Crippen molar-refractivity contribution in [2.75, 3.05) is 6.61 Å². The number of carboxylic acids is 1. The van der Waals surface area contributed by atoms with Crippen LogP contribution in [0.1, 0.15) is 64.2 Å². The van der Waals surface area contributed by atoms with Crippen LogP contribution in [0.4, 0.5) is 0 Å². The second kappa shape index (κ2) is 17.4. The molecule has 5 nitrogen and oxygen atoms in total. The SMILES string of the molecule is O=C(O)CCC[C@H](O)/C=C\C=C\CC[C@H](O)C/C=C\CCCCCO. The molecule has 0 saturated carbocycles. The monoisotopic (exact) mass is 354 g/mol. The summed E-state index contributed by atoms with van der Waals surface area (Å²) >= 11 is 0. The van der Waals surface area contributed by atoms with Gasteiger partial charge in [0, 0.05) is 13.0 Å². The summed E-state index contributed by atoms with van der Waals surface area (Å²) in [5.41, 5.74) is 0. The summed E-state index contributed by atoms with van der Waals surface area (Å²) in [5.74, 6) is -0.842. The third kappa shape index (κ3) is 18.7. The maximum atomic E-state index is 10.4. The van der Waals surface area contributed by atoms with Crippen LogP contribution >= 0.6 is 0 Å². The van der Waals surface area contributed by atoms with Gasteiger partial charge in [-0.1, -0.05) is 42.9 Å². The van der Waals surface area contributed by atoms with Crippen molar-refractivity contribution in [2.45, 2.75) is 76.4 Å². The molecule has 0 radical (unpaired) electrons.